The van der Waals surface area contributed by atoms with E-state index in [4.69, 9.17) is 5.73 Å². The van der Waals surface area contributed by atoms with E-state index in [1.54, 1.807) is 18.2 Å². The van der Waals surface area contributed by atoms with Crippen LogP contribution in [0.3, 0.4) is 0 Å². The number of nitrogens with zero attached hydrogens (tertiary/aromatic N) is 1. The number of carbonyl (C=O) groups excluding carboxylic acids is 1. The molecule has 0 aliphatic heterocycles. The Morgan fingerprint density at radius 3 is 2.32 bits per heavy atom. The second-order valence-corrected chi connectivity index (χ2v) is 9.24. The molecule has 7 nitrogen and oxygen atoms in total. The average Bonchev–Trinajstić information content (AvgIpc) is 2.76. The van der Waals surface area contributed by atoms with Gasteiger partial charge >= 0.3 is 0 Å². The Kier molecular flexibility index (Phi) is 7.27. The van der Waals surface area contributed by atoms with Crippen molar-refractivity contribution in [1.82, 2.24) is 10.0 Å². The minimum atomic E-state index is -3.75. The van der Waals surface area contributed by atoms with Gasteiger partial charge in [0.05, 0.1) is 10.9 Å². The minimum absolute atomic E-state index is 0.0654. The number of hydrogen-bond donors (Lipinski definition) is 3. The smallest absolute Gasteiger partial charge is 0.241 e. The summed E-state index contributed by atoms with van der Waals surface area (Å²) in [6.45, 7) is 0.212. The van der Waals surface area contributed by atoms with E-state index in [1.165, 1.54) is 0 Å². The summed E-state index contributed by atoms with van der Waals surface area (Å²) in [5, 5.41) is 4.20. The number of benzene rings is 3. The summed E-state index contributed by atoms with van der Waals surface area (Å²) in [5.41, 5.74) is 7.86. The Balaban J connectivity index is 1.61. The van der Waals surface area contributed by atoms with Crippen molar-refractivity contribution < 1.29 is 13.2 Å². The molecule has 0 aromatic heterocycles. The van der Waals surface area contributed by atoms with Gasteiger partial charge in [0, 0.05) is 43.6 Å². The molecular weight excluding hydrogens is 412 g/mol. The van der Waals surface area contributed by atoms with Crippen molar-refractivity contribution in [2.45, 2.75) is 17.4 Å². The molecule has 1 atom stereocenters. The lowest BCUT2D eigenvalue weighted by atomic mass is 10.1. The summed E-state index contributed by atoms with van der Waals surface area (Å²) in [6.07, 6.45) is 0.419. The normalized spacial score (nSPS) is 12.5. The quantitative estimate of drug-likeness (QED) is 0.441. The van der Waals surface area contributed by atoms with Gasteiger partial charge in [-0.1, -0.05) is 54.6 Å². The molecule has 0 aliphatic rings. The third kappa shape index (κ3) is 5.61. The zero-order valence-corrected chi connectivity index (χ0v) is 18.5. The van der Waals surface area contributed by atoms with Crippen LogP contribution in [-0.4, -0.2) is 47.6 Å². The van der Waals surface area contributed by atoms with Crippen LogP contribution in [0.5, 0.6) is 0 Å². The predicted molar refractivity (Wildman–Crippen MR) is 125 cm³/mol. The summed E-state index contributed by atoms with van der Waals surface area (Å²) in [4.78, 5) is 14.4. The van der Waals surface area contributed by atoms with Gasteiger partial charge < -0.3 is 16.0 Å². The number of nitrogens with two attached hydrogens (primary N) is 1. The topological polar surface area (TPSA) is 105 Å². The Labute approximate surface area is 183 Å². The molecule has 3 aromatic carbocycles. The van der Waals surface area contributed by atoms with E-state index in [0.29, 0.717) is 11.8 Å². The summed E-state index contributed by atoms with van der Waals surface area (Å²) < 4.78 is 28.3. The number of sulfonamides is 1. The van der Waals surface area contributed by atoms with E-state index in [2.05, 4.69) is 10.0 Å². The van der Waals surface area contributed by atoms with Crippen molar-refractivity contribution in [3.63, 3.8) is 0 Å². The maximum absolute atomic E-state index is 12.9. The van der Waals surface area contributed by atoms with Gasteiger partial charge in [-0.05, 0) is 24.1 Å². The molecule has 31 heavy (non-hydrogen) atoms. The second kappa shape index (κ2) is 9.91. The van der Waals surface area contributed by atoms with Crippen LogP contribution in [-0.2, 0) is 21.2 Å². The molecule has 0 fully saturated rings. The van der Waals surface area contributed by atoms with E-state index >= 15 is 0 Å². The fraction of sp³-hybridized carbons (Fsp3) is 0.261. The minimum Gasteiger partial charge on any atom is -0.377 e. The molecule has 0 radical (unpaired) electrons. The van der Waals surface area contributed by atoms with Crippen LogP contribution in [0.25, 0.3) is 10.8 Å². The lowest BCUT2D eigenvalue weighted by Crippen LogP contribution is -2.44. The first-order chi connectivity index (χ1) is 14.8. The van der Waals surface area contributed by atoms with Crippen LogP contribution in [0, 0.1) is 0 Å². The number of anilines is 1. The van der Waals surface area contributed by atoms with Crippen LogP contribution in [0.15, 0.2) is 71.6 Å². The number of hydrogen-bond acceptors (Lipinski definition) is 5. The van der Waals surface area contributed by atoms with Crippen molar-refractivity contribution in [3.8, 4) is 0 Å². The van der Waals surface area contributed by atoms with Crippen molar-refractivity contribution >= 4 is 32.4 Å². The highest BCUT2D eigenvalue weighted by Crippen LogP contribution is 2.29. The van der Waals surface area contributed by atoms with Crippen LogP contribution >= 0.6 is 0 Å². The van der Waals surface area contributed by atoms with Gasteiger partial charge in [0.2, 0.25) is 15.9 Å². The van der Waals surface area contributed by atoms with Gasteiger partial charge in [0.25, 0.3) is 0 Å². The highest BCUT2D eigenvalue weighted by molar-refractivity contribution is 7.89. The molecule has 3 rings (SSSR count). The Hall–Kier alpha value is -2.94. The molecule has 0 unspecified atom stereocenters. The summed E-state index contributed by atoms with van der Waals surface area (Å²) in [5.74, 6) is -0.316. The number of nitrogens with one attached hydrogen (secondary N) is 2. The number of carbonyl (C=O) groups is 1. The summed E-state index contributed by atoms with van der Waals surface area (Å²) >= 11 is 0. The molecule has 1 amide bonds. The fourth-order valence-electron chi connectivity index (χ4n) is 3.43. The summed E-state index contributed by atoms with van der Waals surface area (Å²) in [6, 6.07) is 19.6. The highest BCUT2D eigenvalue weighted by Gasteiger charge is 2.19. The first-order valence-corrected chi connectivity index (χ1v) is 11.5. The van der Waals surface area contributed by atoms with Gasteiger partial charge in [-0.15, -0.1) is 0 Å². The maximum Gasteiger partial charge on any atom is 0.241 e. The molecule has 4 N–H and O–H groups in total. The summed E-state index contributed by atoms with van der Waals surface area (Å²) in [7, 11) is 0.0850. The lowest BCUT2D eigenvalue weighted by molar-refractivity contribution is -0.122. The number of fused-ring (bicyclic) bond motifs is 1. The molecule has 0 spiro atoms. The first kappa shape index (κ1) is 22.7. The monoisotopic (exact) mass is 440 g/mol. The zero-order valence-electron chi connectivity index (χ0n) is 17.7. The van der Waals surface area contributed by atoms with E-state index in [-0.39, 0.29) is 23.9 Å². The van der Waals surface area contributed by atoms with Crippen LogP contribution in [0.1, 0.15) is 5.56 Å². The maximum atomic E-state index is 12.9. The highest BCUT2D eigenvalue weighted by atomic mass is 32.2. The molecule has 0 heterocycles. The molecule has 0 saturated heterocycles. The largest absolute Gasteiger partial charge is 0.377 e. The van der Waals surface area contributed by atoms with Crippen LogP contribution < -0.4 is 20.7 Å². The third-order valence-corrected chi connectivity index (χ3v) is 6.50. The zero-order chi connectivity index (χ0) is 22.4. The van der Waals surface area contributed by atoms with Gasteiger partial charge in [0.1, 0.15) is 0 Å². The fourth-order valence-corrected chi connectivity index (χ4v) is 4.68. The van der Waals surface area contributed by atoms with Crippen molar-refractivity contribution in [2.75, 3.05) is 32.1 Å². The second-order valence-electron chi connectivity index (χ2n) is 7.51. The molecule has 164 valence electrons. The molecule has 0 aliphatic carbocycles. The standard InChI is InChI=1S/C23H28N4O3S/c1-27(2)21-12-6-11-19-18(21)10-7-13-22(19)31(29,30)26-15-14-25-23(28)20(24)16-17-8-4-3-5-9-17/h3-13,20,26H,14-16,24H2,1-2H3,(H,25,28)/t20-/m0/s1. The average molecular weight is 441 g/mol. The molecular formula is C23H28N4O3S. The SMILES string of the molecule is CN(C)c1cccc2c(S(=O)(=O)NCCNC(=O)[C@@H](N)Cc3ccccc3)cccc12. The molecule has 3 aromatic rings. The van der Waals surface area contributed by atoms with Gasteiger partial charge in [-0.2, -0.15) is 0 Å². The van der Waals surface area contributed by atoms with E-state index in [9.17, 15) is 13.2 Å². The molecule has 8 heteroatoms. The Morgan fingerprint density at radius 2 is 1.61 bits per heavy atom. The third-order valence-electron chi connectivity index (χ3n) is 4.98. The van der Waals surface area contributed by atoms with E-state index in [0.717, 1.165) is 16.6 Å². The number of rotatable bonds is 9. The van der Waals surface area contributed by atoms with E-state index in [1.807, 2.05) is 67.5 Å². The van der Waals surface area contributed by atoms with Crippen molar-refractivity contribution in [1.29, 1.82) is 0 Å². The first-order valence-electron chi connectivity index (χ1n) is 10.1. The Morgan fingerprint density at radius 1 is 0.935 bits per heavy atom. The van der Waals surface area contributed by atoms with E-state index < -0.39 is 16.1 Å². The van der Waals surface area contributed by atoms with Crippen LogP contribution in [0.4, 0.5) is 5.69 Å². The van der Waals surface area contributed by atoms with Crippen molar-refractivity contribution in [2.24, 2.45) is 5.73 Å². The lowest BCUT2D eigenvalue weighted by Gasteiger charge is -2.17. The van der Waals surface area contributed by atoms with Gasteiger partial charge in [-0.25, -0.2) is 13.1 Å². The molecule has 0 saturated carbocycles. The van der Waals surface area contributed by atoms with Gasteiger partial charge in [0.15, 0.2) is 0 Å². The van der Waals surface area contributed by atoms with Crippen molar-refractivity contribution in [3.05, 3.63) is 72.3 Å². The predicted octanol–water partition coefficient (Wildman–Crippen LogP) is 1.87. The number of amides is 1. The van der Waals surface area contributed by atoms with Crippen LogP contribution in [0.2, 0.25) is 0 Å². The van der Waals surface area contributed by atoms with Gasteiger partial charge in [-0.3, -0.25) is 4.79 Å². The Bertz CT molecular complexity index is 1150. The molecule has 0 bridgehead atoms.